The van der Waals surface area contributed by atoms with Crippen molar-refractivity contribution in [2.24, 2.45) is 0 Å². The lowest BCUT2D eigenvalue weighted by Crippen LogP contribution is -2.34. The number of thioether (sulfide) groups is 1. The van der Waals surface area contributed by atoms with Gasteiger partial charge in [-0.3, -0.25) is 29.4 Å². The summed E-state index contributed by atoms with van der Waals surface area (Å²) in [7, 11) is 1.42. The van der Waals surface area contributed by atoms with Gasteiger partial charge in [0.1, 0.15) is 12.7 Å². The molecule has 0 aliphatic carbocycles. The van der Waals surface area contributed by atoms with Crippen molar-refractivity contribution >= 4 is 40.6 Å². The van der Waals surface area contributed by atoms with Crippen LogP contribution in [0.2, 0.25) is 0 Å². The van der Waals surface area contributed by atoms with Gasteiger partial charge in [-0.1, -0.05) is 6.07 Å². The molecule has 2 amide bonds. The second-order valence-corrected chi connectivity index (χ2v) is 7.19. The van der Waals surface area contributed by atoms with Gasteiger partial charge in [0.15, 0.2) is 11.5 Å². The van der Waals surface area contributed by atoms with Gasteiger partial charge in [-0.25, -0.2) is 4.98 Å². The summed E-state index contributed by atoms with van der Waals surface area (Å²) in [5, 5.41) is 10.2. The van der Waals surface area contributed by atoms with E-state index in [1.54, 1.807) is 25.1 Å². The fourth-order valence-corrected chi connectivity index (χ4v) is 3.47. The van der Waals surface area contributed by atoms with Crippen LogP contribution in [-0.2, 0) is 14.3 Å². The summed E-state index contributed by atoms with van der Waals surface area (Å²) < 4.78 is 15.7. The van der Waals surface area contributed by atoms with E-state index in [4.69, 9.17) is 14.2 Å². The maximum absolute atomic E-state index is 12.5. The van der Waals surface area contributed by atoms with E-state index in [0.29, 0.717) is 28.8 Å². The van der Waals surface area contributed by atoms with Gasteiger partial charge in [0.05, 0.1) is 23.5 Å². The molecule has 0 radical (unpaired) electrons. The quantitative estimate of drug-likeness (QED) is 0.250. The van der Waals surface area contributed by atoms with Crippen LogP contribution in [-0.4, -0.2) is 52.2 Å². The van der Waals surface area contributed by atoms with E-state index in [1.165, 1.54) is 25.3 Å². The highest BCUT2D eigenvalue weighted by Crippen LogP contribution is 2.35. The lowest BCUT2D eigenvalue weighted by Gasteiger charge is -2.11. The summed E-state index contributed by atoms with van der Waals surface area (Å²) >= 11 is 0.714. The van der Waals surface area contributed by atoms with Crippen molar-refractivity contribution in [2.45, 2.75) is 6.92 Å². The molecule has 0 unspecified atom stereocenters. The summed E-state index contributed by atoms with van der Waals surface area (Å²) in [6.07, 6.45) is 2.56. The van der Waals surface area contributed by atoms with E-state index in [1.807, 2.05) is 0 Å². The minimum Gasteiger partial charge on any atom is -0.493 e. The van der Waals surface area contributed by atoms with Crippen LogP contribution in [0.5, 0.6) is 17.4 Å². The molecule has 12 heteroatoms. The zero-order valence-electron chi connectivity index (χ0n) is 17.0. The van der Waals surface area contributed by atoms with Crippen LogP contribution >= 0.6 is 11.8 Å². The molecule has 1 aliphatic rings. The van der Waals surface area contributed by atoms with Crippen LogP contribution in [0.25, 0.3) is 6.08 Å². The molecule has 166 valence electrons. The lowest BCUT2D eigenvalue weighted by molar-refractivity contribution is -0.385. The number of pyridine rings is 1. The lowest BCUT2D eigenvalue weighted by atomic mass is 10.2. The van der Waals surface area contributed by atoms with Gasteiger partial charge in [0, 0.05) is 12.1 Å². The molecule has 3 rings (SSSR count). The predicted octanol–water partition coefficient (Wildman–Crippen LogP) is 3.39. The maximum Gasteiger partial charge on any atom is 0.326 e. The van der Waals surface area contributed by atoms with E-state index in [0.717, 1.165) is 11.1 Å². The summed E-state index contributed by atoms with van der Waals surface area (Å²) in [5.41, 5.74) is 0.379. The summed E-state index contributed by atoms with van der Waals surface area (Å²) in [6, 6.07) is 7.39. The average Bonchev–Trinajstić information content (AvgIpc) is 3.02. The van der Waals surface area contributed by atoms with Crippen molar-refractivity contribution in [3.05, 3.63) is 57.1 Å². The van der Waals surface area contributed by atoms with Gasteiger partial charge in [-0.2, -0.15) is 0 Å². The van der Waals surface area contributed by atoms with E-state index in [9.17, 15) is 24.5 Å². The van der Waals surface area contributed by atoms with Crippen molar-refractivity contribution in [3.8, 4) is 17.4 Å². The minimum atomic E-state index is -0.668. The fraction of sp³-hybridized carbons (Fsp3) is 0.200. The number of imide groups is 1. The average molecular weight is 459 g/mol. The van der Waals surface area contributed by atoms with Gasteiger partial charge >= 0.3 is 5.97 Å². The van der Waals surface area contributed by atoms with Crippen molar-refractivity contribution in [1.82, 2.24) is 9.88 Å². The number of ether oxygens (including phenoxy) is 3. The molecule has 0 N–H and O–H groups in total. The molecule has 2 heterocycles. The highest BCUT2D eigenvalue weighted by Gasteiger charge is 2.36. The molecular formula is C20H17N3O8S. The number of aromatic nitrogens is 1. The molecule has 1 aromatic heterocycles. The zero-order valence-corrected chi connectivity index (χ0v) is 17.8. The SMILES string of the molecule is CCOC(=O)CN1C(=O)S/C(=C/c2ccc(Oc3ccc([N+](=O)[O-])cn3)c(OC)c2)C1=O. The van der Waals surface area contributed by atoms with E-state index < -0.39 is 28.6 Å². The Morgan fingerprint density at radius 2 is 2.03 bits per heavy atom. The summed E-state index contributed by atoms with van der Waals surface area (Å²) in [4.78, 5) is 51.2. The second-order valence-electron chi connectivity index (χ2n) is 6.20. The Morgan fingerprint density at radius 3 is 2.66 bits per heavy atom. The Balaban J connectivity index is 1.77. The first-order valence-corrected chi connectivity index (χ1v) is 10.0. The number of nitrogens with zero attached hydrogens (tertiary/aromatic N) is 3. The van der Waals surface area contributed by atoms with Gasteiger partial charge in [-0.05, 0) is 42.5 Å². The van der Waals surface area contributed by atoms with Crippen LogP contribution in [0.4, 0.5) is 10.5 Å². The molecule has 0 spiro atoms. The monoisotopic (exact) mass is 459 g/mol. The Kier molecular flexibility index (Phi) is 7.05. The van der Waals surface area contributed by atoms with E-state index in [2.05, 4.69) is 4.98 Å². The first-order chi connectivity index (χ1) is 15.3. The molecular weight excluding hydrogens is 442 g/mol. The Labute approximate surface area is 186 Å². The predicted molar refractivity (Wildman–Crippen MR) is 113 cm³/mol. The number of hydrogen-bond donors (Lipinski definition) is 0. The smallest absolute Gasteiger partial charge is 0.326 e. The molecule has 1 fully saturated rings. The fourth-order valence-electron chi connectivity index (χ4n) is 2.64. The van der Waals surface area contributed by atoms with E-state index >= 15 is 0 Å². The number of rotatable bonds is 8. The number of hydrogen-bond acceptors (Lipinski definition) is 10. The van der Waals surface area contributed by atoms with Gasteiger partial charge in [0.25, 0.3) is 16.8 Å². The first kappa shape index (κ1) is 22.7. The third-order valence-electron chi connectivity index (χ3n) is 4.10. The summed E-state index contributed by atoms with van der Waals surface area (Å²) in [6.45, 7) is 1.33. The molecule has 2 aromatic rings. The third-order valence-corrected chi connectivity index (χ3v) is 5.01. The zero-order chi connectivity index (χ0) is 23.3. The highest BCUT2D eigenvalue weighted by atomic mass is 32.2. The van der Waals surface area contributed by atoms with Crippen LogP contribution in [0, 0.1) is 10.1 Å². The van der Waals surface area contributed by atoms with Gasteiger partial charge in [0.2, 0.25) is 5.88 Å². The van der Waals surface area contributed by atoms with Crippen LogP contribution < -0.4 is 9.47 Å². The number of nitro groups is 1. The molecule has 11 nitrogen and oxygen atoms in total. The number of carbonyl (C=O) groups excluding carboxylic acids is 3. The third kappa shape index (κ3) is 5.21. The van der Waals surface area contributed by atoms with Crippen molar-refractivity contribution in [1.29, 1.82) is 0 Å². The van der Waals surface area contributed by atoms with Crippen LogP contribution in [0.15, 0.2) is 41.4 Å². The number of benzene rings is 1. The molecule has 32 heavy (non-hydrogen) atoms. The van der Waals surface area contributed by atoms with Crippen molar-refractivity contribution in [2.75, 3.05) is 20.3 Å². The molecule has 1 aliphatic heterocycles. The molecule has 0 bridgehead atoms. The highest BCUT2D eigenvalue weighted by molar-refractivity contribution is 8.18. The largest absolute Gasteiger partial charge is 0.493 e. The van der Waals surface area contributed by atoms with Crippen molar-refractivity contribution in [3.63, 3.8) is 0 Å². The van der Waals surface area contributed by atoms with Crippen LogP contribution in [0.3, 0.4) is 0 Å². The molecule has 1 saturated heterocycles. The second kappa shape index (κ2) is 9.92. The number of methoxy groups -OCH3 is 1. The minimum absolute atomic E-state index is 0.127. The Hall–Kier alpha value is -3.93. The topological polar surface area (TPSA) is 138 Å². The molecule has 0 atom stereocenters. The standard InChI is InChI=1S/C20H17N3O8S/c1-3-30-18(24)11-22-19(25)16(32-20(22)26)9-12-4-6-14(15(8-12)29-2)31-17-7-5-13(10-21-17)23(27)28/h4-10H,3,11H2,1-2H3/b16-9+. The summed E-state index contributed by atoms with van der Waals surface area (Å²) in [5.74, 6) is -0.533. The number of amides is 2. The van der Waals surface area contributed by atoms with Gasteiger partial charge < -0.3 is 14.2 Å². The number of esters is 1. The normalized spacial score (nSPS) is 14.6. The maximum atomic E-state index is 12.5. The Bertz CT molecular complexity index is 1100. The Morgan fingerprint density at radius 1 is 1.25 bits per heavy atom. The number of carbonyl (C=O) groups is 3. The molecule has 1 aromatic carbocycles. The molecule has 0 saturated carbocycles. The van der Waals surface area contributed by atoms with Gasteiger partial charge in [-0.15, -0.1) is 0 Å². The van der Waals surface area contributed by atoms with Crippen LogP contribution in [0.1, 0.15) is 12.5 Å². The van der Waals surface area contributed by atoms with Crippen molar-refractivity contribution < 1.29 is 33.5 Å². The van der Waals surface area contributed by atoms with E-state index in [-0.39, 0.29) is 23.1 Å². The first-order valence-electron chi connectivity index (χ1n) is 9.19.